The first-order chi connectivity index (χ1) is 11.0. The smallest absolute Gasteiger partial charge is 0.345 e. The van der Waals surface area contributed by atoms with Crippen LogP contribution < -0.4 is 4.74 Å². The topological polar surface area (TPSA) is 92.8 Å². The zero-order chi connectivity index (χ0) is 16.1. The van der Waals surface area contributed by atoms with Gasteiger partial charge in [0.2, 0.25) is 0 Å². The molecule has 4 rings (SSSR count). The van der Waals surface area contributed by atoms with Crippen molar-refractivity contribution < 1.29 is 24.3 Å². The molecule has 116 valence electrons. The molecular formula is C16H10ClNO5. The van der Waals surface area contributed by atoms with Gasteiger partial charge >= 0.3 is 5.97 Å². The van der Waals surface area contributed by atoms with E-state index in [1.165, 1.54) is 0 Å². The standard InChI is InChI=1S/C16H10ClNO5/c17-11-5-9-13(7-1-3-8(19)4-2-7)18-23-14(9)10-6-12(16(20)21)22-15(10)11/h1-5,12,19H,6H2,(H,20,21). The molecule has 7 heteroatoms. The van der Waals surface area contributed by atoms with Crippen LogP contribution in [0.5, 0.6) is 11.5 Å². The monoisotopic (exact) mass is 331 g/mol. The van der Waals surface area contributed by atoms with Crippen LogP contribution in [0.25, 0.3) is 22.2 Å². The van der Waals surface area contributed by atoms with Gasteiger partial charge in [-0.2, -0.15) is 0 Å². The van der Waals surface area contributed by atoms with Crippen molar-refractivity contribution in [1.29, 1.82) is 0 Å². The molecule has 0 saturated heterocycles. The lowest BCUT2D eigenvalue weighted by Crippen LogP contribution is -2.24. The quantitative estimate of drug-likeness (QED) is 0.748. The molecule has 2 heterocycles. The summed E-state index contributed by atoms with van der Waals surface area (Å²) in [5.74, 6) is -0.568. The maximum absolute atomic E-state index is 11.1. The van der Waals surface area contributed by atoms with Crippen molar-refractivity contribution in [2.24, 2.45) is 0 Å². The van der Waals surface area contributed by atoms with Gasteiger partial charge in [0, 0.05) is 17.5 Å². The number of phenolic OH excluding ortho intramolecular Hbond substituents is 1. The van der Waals surface area contributed by atoms with Crippen LogP contribution in [0.4, 0.5) is 0 Å². The summed E-state index contributed by atoms with van der Waals surface area (Å²) >= 11 is 6.23. The summed E-state index contributed by atoms with van der Waals surface area (Å²) in [4.78, 5) is 11.1. The summed E-state index contributed by atoms with van der Waals surface area (Å²) in [5, 5.41) is 23.6. The number of aromatic nitrogens is 1. The minimum atomic E-state index is -1.05. The number of hydrogen-bond acceptors (Lipinski definition) is 5. The maximum atomic E-state index is 11.1. The van der Waals surface area contributed by atoms with Crippen LogP contribution in [0.15, 0.2) is 34.9 Å². The molecular weight excluding hydrogens is 322 g/mol. The van der Waals surface area contributed by atoms with Crippen molar-refractivity contribution in [3.8, 4) is 22.8 Å². The number of aromatic hydroxyl groups is 1. The molecule has 2 N–H and O–H groups in total. The van der Waals surface area contributed by atoms with E-state index < -0.39 is 12.1 Å². The van der Waals surface area contributed by atoms with Crippen molar-refractivity contribution in [2.75, 3.05) is 0 Å². The number of hydrogen-bond donors (Lipinski definition) is 2. The van der Waals surface area contributed by atoms with Gasteiger partial charge in [-0.05, 0) is 30.3 Å². The Morgan fingerprint density at radius 1 is 1.30 bits per heavy atom. The number of carboxylic acids is 1. The second-order valence-electron chi connectivity index (χ2n) is 5.27. The van der Waals surface area contributed by atoms with Crippen LogP contribution in [0.2, 0.25) is 5.02 Å². The normalized spacial score (nSPS) is 16.3. The summed E-state index contributed by atoms with van der Waals surface area (Å²) in [6, 6.07) is 8.18. The Bertz CT molecular complexity index is 932. The van der Waals surface area contributed by atoms with Crippen LogP contribution in [0.1, 0.15) is 5.56 Å². The van der Waals surface area contributed by atoms with Crippen LogP contribution in [0, 0.1) is 0 Å². The SMILES string of the molecule is O=C(O)C1Cc2c(c(Cl)cc3c(-c4ccc(O)cc4)noc23)O1. The maximum Gasteiger partial charge on any atom is 0.345 e. The molecule has 1 aromatic heterocycles. The van der Waals surface area contributed by atoms with Crippen LogP contribution >= 0.6 is 11.6 Å². The predicted octanol–water partition coefficient (Wildman–Crippen LogP) is 3.24. The van der Waals surface area contributed by atoms with Crippen molar-refractivity contribution >= 4 is 28.5 Å². The average Bonchev–Trinajstić information content (AvgIpc) is 3.12. The fourth-order valence-electron chi connectivity index (χ4n) is 2.74. The van der Waals surface area contributed by atoms with Gasteiger partial charge in [0.15, 0.2) is 11.7 Å². The molecule has 0 amide bonds. The summed E-state index contributed by atoms with van der Waals surface area (Å²) in [6.07, 6.45) is -0.804. The Hall–Kier alpha value is -2.73. The molecule has 1 atom stereocenters. The van der Waals surface area contributed by atoms with Gasteiger partial charge in [-0.15, -0.1) is 0 Å². The number of nitrogens with zero attached hydrogens (tertiary/aromatic N) is 1. The molecule has 0 saturated carbocycles. The minimum Gasteiger partial charge on any atom is -0.508 e. The first-order valence-electron chi connectivity index (χ1n) is 6.84. The fraction of sp³-hybridized carbons (Fsp3) is 0.125. The highest BCUT2D eigenvalue weighted by atomic mass is 35.5. The van der Waals surface area contributed by atoms with E-state index in [0.29, 0.717) is 33.0 Å². The van der Waals surface area contributed by atoms with Crippen molar-refractivity contribution in [1.82, 2.24) is 5.16 Å². The van der Waals surface area contributed by atoms with E-state index in [0.717, 1.165) is 5.56 Å². The van der Waals surface area contributed by atoms with E-state index >= 15 is 0 Å². The zero-order valence-corrected chi connectivity index (χ0v) is 12.4. The highest BCUT2D eigenvalue weighted by molar-refractivity contribution is 6.33. The predicted molar refractivity (Wildman–Crippen MR) is 81.9 cm³/mol. The molecule has 1 aliphatic heterocycles. The highest BCUT2D eigenvalue weighted by Crippen LogP contribution is 2.43. The molecule has 3 aromatic rings. The number of carbonyl (C=O) groups is 1. The van der Waals surface area contributed by atoms with E-state index in [1.54, 1.807) is 30.3 Å². The summed E-state index contributed by atoms with van der Waals surface area (Å²) in [5.41, 5.74) is 2.41. The number of carboxylic acid groups (broad SMARTS) is 1. The number of aliphatic carboxylic acids is 1. The Balaban J connectivity index is 1.89. The molecule has 1 aliphatic rings. The molecule has 0 spiro atoms. The number of halogens is 1. The second-order valence-corrected chi connectivity index (χ2v) is 5.68. The molecule has 0 aliphatic carbocycles. The Morgan fingerprint density at radius 2 is 2.04 bits per heavy atom. The van der Waals surface area contributed by atoms with Gasteiger partial charge in [-0.3, -0.25) is 0 Å². The summed E-state index contributed by atoms with van der Waals surface area (Å²) < 4.78 is 10.8. The van der Waals surface area contributed by atoms with Gasteiger partial charge in [0.1, 0.15) is 17.2 Å². The van der Waals surface area contributed by atoms with Crippen molar-refractivity contribution in [3.63, 3.8) is 0 Å². The van der Waals surface area contributed by atoms with Crippen LogP contribution in [-0.2, 0) is 11.2 Å². The second kappa shape index (κ2) is 4.89. The zero-order valence-electron chi connectivity index (χ0n) is 11.6. The first kappa shape index (κ1) is 13.9. The Labute approximate surface area is 134 Å². The van der Waals surface area contributed by atoms with E-state index in [4.69, 9.17) is 26.0 Å². The van der Waals surface area contributed by atoms with Gasteiger partial charge < -0.3 is 19.5 Å². The van der Waals surface area contributed by atoms with E-state index in [-0.39, 0.29) is 12.2 Å². The fourth-order valence-corrected chi connectivity index (χ4v) is 3.00. The molecule has 6 nitrogen and oxygen atoms in total. The van der Waals surface area contributed by atoms with Gasteiger partial charge in [-0.25, -0.2) is 4.79 Å². The Morgan fingerprint density at radius 3 is 2.74 bits per heavy atom. The summed E-state index contributed by atoms with van der Waals surface area (Å²) in [7, 11) is 0. The van der Waals surface area contributed by atoms with Gasteiger partial charge in [0.05, 0.1) is 10.4 Å². The molecule has 2 aromatic carbocycles. The third-order valence-electron chi connectivity index (χ3n) is 3.83. The lowest BCUT2D eigenvalue weighted by atomic mass is 10.0. The third kappa shape index (κ3) is 2.10. The average molecular weight is 332 g/mol. The largest absolute Gasteiger partial charge is 0.508 e. The Kier molecular flexibility index (Phi) is 2.96. The van der Waals surface area contributed by atoms with Crippen LogP contribution in [0.3, 0.4) is 0 Å². The molecule has 0 bridgehead atoms. The highest BCUT2D eigenvalue weighted by Gasteiger charge is 2.34. The lowest BCUT2D eigenvalue weighted by molar-refractivity contribution is -0.144. The van der Waals surface area contributed by atoms with Crippen molar-refractivity contribution in [2.45, 2.75) is 12.5 Å². The number of rotatable bonds is 2. The number of ether oxygens (including phenoxy) is 1. The number of benzene rings is 2. The minimum absolute atomic E-state index is 0.151. The molecule has 0 radical (unpaired) electrons. The van der Waals surface area contributed by atoms with Crippen molar-refractivity contribution in [3.05, 3.63) is 40.9 Å². The summed E-state index contributed by atoms with van der Waals surface area (Å²) in [6.45, 7) is 0. The lowest BCUT2D eigenvalue weighted by Gasteiger charge is -2.05. The molecule has 1 unspecified atom stereocenters. The third-order valence-corrected chi connectivity index (χ3v) is 4.11. The van der Waals surface area contributed by atoms with Crippen LogP contribution in [-0.4, -0.2) is 27.4 Å². The van der Waals surface area contributed by atoms with E-state index in [9.17, 15) is 9.90 Å². The van der Waals surface area contributed by atoms with Gasteiger partial charge in [0.25, 0.3) is 0 Å². The molecule has 23 heavy (non-hydrogen) atoms. The number of phenols is 1. The van der Waals surface area contributed by atoms with Gasteiger partial charge in [-0.1, -0.05) is 16.8 Å². The first-order valence-corrected chi connectivity index (χ1v) is 7.22. The molecule has 0 fully saturated rings. The number of fused-ring (bicyclic) bond motifs is 3. The van der Waals surface area contributed by atoms with E-state index in [1.807, 2.05) is 0 Å². The van der Waals surface area contributed by atoms with E-state index in [2.05, 4.69) is 5.16 Å².